The number of carbonyl (C=O) groups is 3. The molecule has 0 fully saturated rings. The number of hydrogen-bond acceptors (Lipinski definition) is 5. The minimum absolute atomic E-state index is 0.130. The van der Waals surface area contributed by atoms with Gasteiger partial charge in [-0.25, -0.2) is 9.59 Å². The zero-order chi connectivity index (χ0) is 20.4. The van der Waals surface area contributed by atoms with Crippen LogP contribution < -0.4 is 10.6 Å². The smallest absolute Gasteiger partial charge is 0.408 e. The first-order valence-corrected chi connectivity index (χ1v) is 8.68. The summed E-state index contributed by atoms with van der Waals surface area (Å²) in [5, 5.41) is 14.4. The van der Waals surface area contributed by atoms with Crippen molar-refractivity contribution in [2.75, 3.05) is 13.7 Å². The predicted molar refractivity (Wildman–Crippen MR) is 99.4 cm³/mol. The van der Waals surface area contributed by atoms with Crippen molar-refractivity contribution in [1.29, 1.82) is 0 Å². The number of hydrogen-bond donors (Lipinski definition) is 3. The number of nitrogens with one attached hydrogen (secondary N) is 2. The van der Waals surface area contributed by atoms with Crippen LogP contribution in [0.25, 0.3) is 0 Å². The van der Waals surface area contributed by atoms with E-state index in [2.05, 4.69) is 10.6 Å². The largest absolute Gasteiger partial charge is 0.480 e. The van der Waals surface area contributed by atoms with Crippen LogP contribution in [0, 0.1) is 0 Å². The van der Waals surface area contributed by atoms with Crippen molar-refractivity contribution in [2.24, 2.45) is 0 Å². The van der Waals surface area contributed by atoms with Gasteiger partial charge in [-0.05, 0) is 26.3 Å². The van der Waals surface area contributed by atoms with Gasteiger partial charge in [-0.15, -0.1) is 0 Å². The second kappa shape index (κ2) is 10.5. The number of carboxylic acids is 1. The van der Waals surface area contributed by atoms with Crippen LogP contribution in [-0.4, -0.2) is 54.5 Å². The first kappa shape index (κ1) is 22.4. The van der Waals surface area contributed by atoms with E-state index >= 15 is 0 Å². The Kier molecular flexibility index (Phi) is 8.74. The summed E-state index contributed by atoms with van der Waals surface area (Å²) >= 11 is 0. The molecule has 0 radical (unpaired) electrons. The van der Waals surface area contributed by atoms with Gasteiger partial charge in [-0.2, -0.15) is 0 Å². The molecule has 150 valence electrons. The average molecular weight is 380 g/mol. The number of carboxylic acid groups (broad SMARTS) is 1. The van der Waals surface area contributed by atoms with Crippen LogP contribution in [0.2, 0.25) is 0 Å². The molecule has 0 aliphatic heterocycles. The second-order valence-electron chi connectivity index (χ2n) is 7.07. The molecule has 27 heavy (non-hydrogen) atoms. The van der Waals surface area contributed by atoms with Crippen molar-refractivity contribution in [1.82, 2.24) is 10.6 Å². The first-order chi connectivity index (χ1) is 12.6. The van der Waals surface area contributed by atoms with E-state index in [0.29, 0.717) is 0 Å². The molecule has 2 atom stereocenters. The monoisotopic (exact) mass is 380 g/mol. The molecule has 0 heterocycles. The SMILES string of the molecule is COCC[C@H](NC(=O)OC(C)(C)C)C(=O)N[C@@H](Cc1ccccc1)C(=O)O. The number of alkyl carbamates (subject to hydrolysis) is 1. The molecule has 1 aromatic carbocycles. The Bertz CT molecular complexity index is 627. The van der Waals surface area contributed by atoms with Crippen molar-refractivity contribution < 1.29 is 29.0 Å². The molecule has 0 bridgehead atoms. The zero-order valence-electron chi connectivity index (χ0n) is 16.2. The highest BCUT2D eigenvalue weighted by atomic mass is 16.6. The molecule has 8 nitrogen and oxygen atoms in total. The molecule has 2 amide bonds. The van der Waals surface area contributed by atoms with Crippen LogP contribution in [0.15, 0.2) is 30.3 Å². The van der Waals surface area contributed by atoms with Crippen LogP contribution >= 0.6 is 0 Å². The van der Waals surface area contributed by atoms with E-state index in [1.165, 1.54) is 7.11 Å². The molecule has 0 saturated carbocycles. The molecule has 0 aliphatic rings. The fourth-order valence-electron chi connectivity index (χ4n) is 2.28. The summed E-state index contributed by atoms with van der Waals surface area (Å²) in [5.74, 6) is -1.77. The lowest BCUT2D eigenvalue weighted by Crippen LogP contribution is -2.53. The summed E-state index contributed by atoms with van der Waals surface area (Å²) in [7, 11) is 1.47. The lowest BCUT2D eigenvalue weighted by atomic mass is 10.1. The summed E-state index contributed by atoms with van der Waals surface area (Å²) in [4.78, 5) is 36.1. The minimum Gasteiger partial charge on any atom is -0.480 e. The lowest BCUT2D eigenvalue weighted by Gasteiger charge is -2.24. The summed E-state index contributed by atoms with van der Waals surface area (Å²) < 4.78 is 10.1. The second-order valence-corrected chi connectivity index (χ2v) is 7.07. The highest BCUT2D eigenvalue weighted by Crippen LogP contribution is 2.08. The molecule has 0 saturated heterocycles. The lowest BCUT2D eigenvalue weighted by molar-refractivity contribution is -0.142. The van der Waals surface area contributed by atoms with Crippen molar-refractivity contribution in [3.8, 4) is 0 Å². The van der Waals surface area contributed by atoms with Gasteiger partial charge < -0.3 is 25.2 Å². The normalized spacial score (nSPS) is 13.3. The van der Waals surface area contributed by atoms with E-state index in [4.69, 9.17) is 9.47 Å². The number of amides is 2. The molecule has 0 spiro atoms. The van der Waals surface area contributed by atoms with Crippen LogP contribution in [0.5, 0.6) is 0 Å². The summed E-state index contributed by atoms with van der Waals surface area (Å²) in [5.41, 5.74) is 0.0576. The molecule has 0 aliphatic carbocycles. The number of methoxy groups -OCH3 is 1. The Morgan fingerprint density at radius 3 is 2.22 bits per heavy atom. The Labute approximate surface area is 159 Å². The van der Waals surface area contributed by atoms with Crippen molar-refractivity contribution in [3.63, 3.8) is 0 Å². The Hall–Kier alpha value is -2.61. The quantitative estimate of drug-likeness (QED) is 0.601. The van der Waals surface area contributed by atoms with Gasteiger partial charge in [-0.1, -0.05) is 30.3 Å². The summed E-state index contributed by atoms with van der Waals surface area (Å²) in [6, 6.07) is 6.88. The third-order valence-electron chi connectivity index (χ3n) is 3.52. The summed E-state index contributed by atoms with van der Waals surface area (Å²) in [6.45, 7) is 5.33. The van der Waals surface area contributed by atoms with Gasteiger partial charge >= 0.3 is 12.1 Å². The number of carbonyl (C=O) groups excluding carboxylic acids is 2. The summed E-state index contributed by atoms with van der Waals surface area (Å²) in [6.07, 6.45) is -0.446. The topological polar surface area (TPSA) is 114 Å². The number of ether oxygens (including phenoxy) is 2. The van der Waals surface area contributed by atoms with Crippen molar-refractivity contribution in [2.45, 2.75) is 51.3 Å². The maximum Gasteiger partial charge on any atom is 0.408 e. The fourth-order valence-corrected chi connectivity index (χ4v) is 2.28. The molecule has 1 rings (SSSR count). The van der Waals surface area contributed by atoms with E-state index in [1.807, 2.05) is 6.07 Å². The number of benzene rings is 1. The predicted octanol–water partition coefficient (Wildman–Crippen LogP) is 1.73. The number of aliphatic carboxylic acids is 1. The number of rotatable bonds is 9. The van der Waals surface area contributed by atoms with Crippen LogP contribution in [0.4, 0.5) is 4.79 Å². The zero-order valence-corrected chi connectivity index (χ0v) is 16.2. The highest BCUT2D eigenvalue weighted by molar-refractivity contribution is 5.89. The van der Waals surface area contributed by atoms with Crippen LogP contribution in [0.3, 0.4) is 0 Å². The maximum atomic E-state index is 12.6. The van der Waals surface area contributed by atoms with Crippen LogP contribution in [0.1, 0.15) is 32.8 Å². The van der Waals surface area contributed by atoms with Gasteiger partial charge in [0.15, 0.2) is 0 Å². The molecule has 1 aromatic rings. The third-order valence-corrected chi connectivity index (χ3v) is 3.52. The molecular weight excluding hydrogens is 352 g/mol. The Morgan fingerprint density at radius 2 is 1.70 bits per heavy atom. The maximum absolute atomic E-state index is 12.6. The standard InChI is InChI=1S/C19H28N2O6/c1-19(2,3)27-18(25)21-14(10-11-26-4)16(22)20-15(17(23)24)12-13-8-6-5-7-9-13/h5-9,14-15H,10-12H2,1-4H3,(H,20,22)(H,21,25)(H,23,24)/t14-,15-/m0/s1. The molecule has 3 N–H and O–H groups in total. The van der Waals surface area contributed by atoms with Crippen molar-refractivity contribution in [3.05, 3.63) is 35.9 Å². The van der Waals surface area contributed by atoms with E-state index in [0.717, 1.165) is 5.56 Å². The van der Waals surface area contributed by atoms with Gasteiger partial charge in [-0.3, -0.25) is 4.79 Å². The van der Waals surface area contributed by atoms with Gasteiger partial charge in [0.1, 0.15) is 17.7 Å². The minimum atomic E-state index is -1.16. The highest BCUT2D eigenvalue weighted by Gasteiger charge is 2.28. The molecule has 8 heteroatoms. The average Bonchev–Trinajstić information content (AvgIpc) is 2.57. The van der Waals surface area contributed by atoms with Gasteiger partial charge in [0, 0.05) is 26.6 Å². The van der Waals surface area contributed by atoms with E-state index in [-0.39, 0.29) is 19.4 Å². The van der Waals surface area contributed by atoms with Crippen LogP contribution in [-0.2, 0) is 25.5 Å². The molecule has 0 aromatic heterocycles. The van der Waals surface area contributed by atoms with E-state index < -0.39 is 35.7 Å². The molecular formula is C19H28N2O6. The van der Waals surface area contributed by atoms with Gasteiger partial charge in [0.05, 0.1) is 0 Å². The van der Waals surface area contributed by atoms with Crippen molar-refractivity contribution >= 4 is 18.0 Å². The Balaban J connectivity index is 2.79. The molecule has 0 unspecified atom stereocenters. The third kappa shape index (κ3) is 9.05. The fraction of sp³-hybridized carbons (Fsp3) is 0.526. The van der Waals surface area contributed by atoms with Gasteiger partial charge in [0.25, 0.3) is 0 Å². The van der Waals surface area contributed by atoms with E-state index in [9.17, 15) is 19.5 Å². The van der Waals surface area contributed by atoms with E-state index in [1.54, 1.807) is 45.0 Å². The van der Waals surface area contributed by atoms with Gasteiger partial charge in [0.2, 0.25) is 5.91 Å². The Morgan fingerprint density at radius 1 is 1.07 bits per heavy atom. The first-order valence-electron chi connectivity index (χ1n) is 8.68.